The third-order valence-electron chi connectivity index (χ3n) is 3.75. The van der Waals surface area contributed by atoms with Crippen LogP contribution in [0.4, 0.5) is 0 Å². The smallest absolute Gasteiger partial charge is 0.203 e. The summed E-state index contributed by atoms with van der Waals surface area (Å²) in [5.74, 6) is 2.56. The lowest BCUT2D eigenvalue weighted by atomic mass is 10.2. The fourth-order valence-corrected chi connectivity index (χ4v) is 3.12. The summed E-state index contributed by atoms with van der Waals surface area (Å²) in [6.07, 6.45) is 0. The van der Waals surface area contributed by atoms with Gasteiger partial charge in [-0.1, -0.05) is 0 Å². The highest BCUT2D eigenvalue weighted by Crippen LogP contribution is 2.38. The van der Waals surface area contributed by atoms with Crippen LogP contribution in [-0.4, -0.2) is 38.8 Å². The molecule has 0 fully saturated rings. The van der Waals surface area contributed by atoms with Gasteiger partial charge in [0.1, 0.15) is 0 Å². The lowest BCUT2D eigenvalue weighted by Gasteiger charge is -2.14. The topological polar surface area (TPSA) is 77.0 Å². The Morgan fingerprint density at radius 3 is 2.31 bits per heavy atom. The van der Waals surface area contributed by atoms with Crippen LogP contribution >= 0.6 is 11.3 Å². The molecule has 1 aromatic carbocycles. The number of guanidine groups is 1. The predicted octanol–water partition coefficient (Wildman–Crippen LogP) is 2.73. The van der Waals surface area contributed by atoms with Gasteiger partial charge in [-0.25, -0.2) is 9.98 Å². The third kappa shape index (κ3) is 5.01. The van der Waals surface area contributed by atoms with Crippen molar-refractivity contribution in [2.45, 2.75) is 26.9 Å². The quantitative estimate of drug-likeness (QED) is 0.543. The van der Waals surface area contributed by atoms with E-state index >= 15 is 0 Å². The number of ether oxygens (including phenoxy) is 3. The molecule has 0 aliphatic heterocycles. The number of hydrogen-bond acceptors (Lipinski definition) is 6. The zero-order chi connectivity index (χ0) is 18.9. The molecule has 0 spiro atoms. The van der Waals surface area contributed by atoms with Gasteiger partial charge >= 0.3 is 0 Å². The number of thiazole rings is 1. The summed E-state index contributed by atoms with van der Waals surface area (Å²) in [4.78, 5) is 10.1. The van der Waals surface area contributed by atoms with E-state index in [-0.39, 0.29) is 0 Å². The first-order valence-electron chi connectivity index (χ1n) is 8.32. The minimum atomic E-state index is 0.480. The molecule has 0 aliphatic carbocycles. The zero-order valence-corrected chi connectivity index (χ0v) is 16.7. The van der Waals surface area contributed by atoms with E-state index in [1.165, 1.54) is 4.88 Å². The number of aryl methyl sites for hydroxylation is 1. The first-order chi connectivity index (χ1) is 12.6. The number of benzene rings is 1. The molecular weight excluding hydrogens is 352 g/mol. The van der Waals surface area contributed by atoms with Crippen LogP contribution in [-0.2, 0) is 13.1 Å². The van der Waals surface area contributed by atoms with Crippen molar-refractivity contribution >= 4 is 17.3 Å². The average molecular weight is 378 g/mol. The molecule has 0 unspecified atom stereocenters. The van der Waals surface area contributed by atoms with Gasteiger partial charge < -0.3 is 24.8 Å². The Morgan fingerprint density at radius 1 is 1.12 bits per heavy atom. The van der Waals surface area contributed by atoms with Crippen LogP contribution in [0, 0.1) is 6.92 Å². The maximum Gasteiger partial charge on any atom is 0.203 e. The molecule has 0 radical (unpaired) electrons. The number of aliphatic imine (C=N–C) groups is 1. The number of methoxy groups -OCH3 is 3. The van der Waals surface area contributed by atoms with Crippen molar-refractivity contribution in [1.82, 2.24) is 15.6 Å². The molecule has 2 aromatic rings. The van der Waals surface area contributed by atoms with Gasteiger partial charge in [-0.05, 0) is 31.5 Å². The molecule has 8 heteroatoms. The Morgan fingerprint density at radius 2 is 1.81 bits per heavy atom. The van der Waals surface area contributed by atoms with Gasteiger partial charge in [0.2, 0.25) is 5.75 Å². The van der Waals surface area contributed by atoms with E-state index in [2.05, 4.69) is 20.6 Å². The Labute approximate surface area is 158 Å². The normalized spacial score (nSPS) is 11.2. The molecule has 0 saturated carbocycles. The molecule has 2 N–H and O–H groups in total. The van der Waals surface area contributed by atoms with Crippen molar-refractivity contribution in [3.63, 3.8) is 0 Å². The molecule has 0 amide bonds. The van der Waals surface area contributed by atoms with Crippen LogP contribution in [0.25, 0.3) is 0 Å². The maximum atomic E-state index is 5.39. The van der Waals surface area contributed by atoms with E-state index in [1.807, 2.05) is 31.5 Å². The molecule has 26 heavy (non-hydrogen) atoms. The van der Waals surface area contributed by atoms with Gasteiger partial charge in [-0.2, -0.15) is 0 Å². The summed E-state index contributed by atoms with van der Waals surface area (Å²) in [6.45, 7) is 6.00. The van der Waals surface area contributed by atoms with E-state index in [0.717, 1.165) is 23.8 Å². The number of nitrogens with zero attached hydrogens (tertiary/aromatic N) is 2. The van der Waals surface area contributed by atoms with Gasteiger partial charge in [0.05, 0.1) is 45.6 Å². The first-order valence-corrected chi connectivity index (χ1v) is 9.20. The summed E-state index contributed by atoms with van der Waals surface area (Å²) in [5, 5.41) is 6.59. The molecule has 0 saturated heterocycles. The van der Waals surface area contributed by atoms with Crippen LogP contribution in [0.2, 0.25) is 0 Å². The molecule has 0 aliphatic rings. The van der Waals surface area contributed by atoms with Gasteiger partial charge in [0.25, 0.3) is 0 Å². The fourth-order valence-electron chi connectivity index (χ4n) is 2.40. The molecular formula is C18H26N4O3S. The highest BCUT2D eigenvalue weighted by molar-refractivity contribution is 7.09. The summed E-state index contributed by atoms with van der Waals surface area (Å²) in [6, 6.07) is 3.81. The maximum absolute atomic E-state index is 5.39. The molecule has 0 atom stereocenters. The summed E-state index contributed by atoms with van der Waals surface area (Å²) >= 11 is 1.63. The largest absolute Gasteiger partial charge is 0.493 e. The van der Waals surface area contributed by atoms with Crippen molar-refractivity contribution < 1.29 is 14.2 Å². The van der Waals surface area contributed by atoms with Gasteiger partial charge in [-0.15, -0.1) is 11.3 Å². The second-order valence-electron chi connectivity index (χ2n) is 5.44. The molecule has 142 valence electrons. The van der Waals surface area contributed by atoms with Crippen LogP contribution in [0.3, 0.4) is 0 Å². The third-order valence-corrected chi connectivity index (χ3v) is 4.68. The van der Waals surface area contributed by atoms with Gasteiger partial charge in [-0.3, -0.25) is 0 Å². The number of hydrogen-bond donors (Lipinski definition) is 2. The Hall–Kier alpha value is -2.48. The SMILES string of the molecule is CCNC(=NCc1cc(OC)c(OC)c(OC)c1)NCc1scnc1C. The fraction of sp³-hybridized carbons (Fsp3) is 0.444. The zero-order valence-electron chi connectivity index (χ0n) is 15.9. The second-order valence-corrected chi connectivity index (χ2v) is 6.38. The molecule has 2 rings (SSSR count). The summed E-state index contributed by atoms with van der Waals surface area (Å²) < 4.78 is 16.1. The molecule has 7 nitrogen and oxygen atoms in total. The highest BCUT2D eigenvalue weighted by Gasteiger charge is 2.13. The van der Waals surface area contributed by atoms with Crippen molar-refractivity contribution in [1.29, 1.82) is 0 Å². The average Bonchev–Trinajstić information content (AvgIpc) is 3.07. The summed E-state index contributed by atoms with van der Waals surface area (Å²) in [7, 11) is 4.80. The Bertz CT molecular complexity index is 721. The molecule has 0 bridgehead atoms. The minimum absolute atomic E-state index is 0.480. The van der Waals surface area contributed by atoms with E-state index in [9.17, 15) is 0 Å². The van der Waals surface area contributed by atoms with Gasteiger partial charge in [0, 0.05) is 11.4 Å². The van der Waals surface area contributed by atoms with E-state index in [4.69, 9.17) is 14.2 Å². The Kier molecular flexibility index (Phi) is 7.53. The lowest BCUT2D eigenvalue weighted by Crippen LogP contribution is -2.36. The number of aromatic nitrogens is 1. The number of nitrogens with one attached hydrogen (secondary N) is 2. The van der Waals surface area contributed by atoms with Gasteiger partial charge in [0.15, 0.2) is 17.5 Å². The molecule has 1 aromatic heterocycles. The number of rotatable bonds is 8. The van der Waals surface area contributed by atoms with Crippen LogP contribution in [0.15, 0.2) is 22.6 Å². The monoisotopic (exact) mass is 378 g/mol. The minimum Gasteiger partial charge on any atom is -0.493 e. The van der Waals surface area contributed by atoms with Crippen molar-refractivity contribution in [3.8, 4) is 17.2 Å². The Balaban J connectivity index is 2.14. The summed E-state index contributed by atoms with van der Waals surface area (Å²) in [5.41, 5.74) is 3.86. The van der Waals surface area contributed by atoms with Crippen molar-refractivity contribution in [3.05, 3.63) is 33.8 Å². The van der Waals surface area contributed by atoms with Crippen molar-refractivity contribution in [2.24, 2.45) is 4.99 Å². The standard InChI is InChI=1S/C18H26N4O3S/c1-6-19-18(21-10-16-12(2)22-11-26-16)20-9-13-7-14(23-3)17(25-5)15(8-13)24-4/h7-8,11H,6,9-10H2,1-5H3,(H2,19,20,21). The van der Waals surface area contributed by atoms with E-state index < -0.39 is 0 Å². The molecule has 1 heterocycles. The lowest BCUT2D eigenvalue weighted by molar-refractivity contribution is 0.324. The van der Waals surface area contributed by atoms with E-state index in [1.54, 1.807) is 32.7 Å². The van der Waals surface area contributed by atoms with E-state index in [0.29, 0.717) is 30.3 Å². The highest BCUT2D eigenvalue weighted by atomic mass is 32.1. The first kappa shape index (κ1) is 19.8. The predicted molar refractivity (Wildman–Crippen MR) is 105 cm³/mol. The van der Waals surface area contributed by atoms with Crippen molar-refractivity contribution in [2.75, 3.05) is 27.9 Å². The second kappa shape index (κ2) is 9.86. The van der Waals surface area contributed by atoms with Crippen LogP contribution in [0.5, 0.6) is 17.2 Å². The van der Waals surface area contributed by atoms with Crippen LogP contribution in [0.1, 0.15) is 23.1 Å². The van der Waals surface area contributed by atoms with Crippen LogP contribution < -0.4 is 24.8 Å².